The number of likely N-dealkylation sites (tertiary alicyclic amines) is 1. The third kappa shape index (κ3) is 7.26. The molecule has 2 fully saturated rings. The number of hydrogen-bond acceptors (Lipinski definition) is 3. The molecule has 1 N–H and O–H groups in total. The van der Waals surface area contributed by atoms with Crippen LogP contribution in [0.3, 0.4) is 0 Å². The molecule has 0 radical (unpaired) electrons. The molecule has 2 saturated heterocycles. The number of imide groups is 1. The van der Waals surface area contributed by atoms with E-state index in [1.165, 1.54) is 77.0 Å². The fourth-order valence-corrected chi connectivity index (χ4v) is 4.13. The van der Waals surface area contributed by atoms with E-state index >= 15 is 0 Å². The number of unbranched alkanes of at least 4 members (excludes halogenated alkanes) is 9. The number of carbonyl (C=O) groups excluding carboxylic acids is 2. The fraction of sp³-hybridized carbons (Fsp3) is 0.905. The molecule has 0 aromatic carbocycles. The lowest BCUT2D eigenvalue weighted by Crippen LogP contribution is -2.45. The van der Waals surface area contributed by atoms with E-state index in [-0.39, 0.29) is 18.0 Å². The van der Waals surface area contributed by atoms with Gasteiger partial charge < -0.3 is 0 Å². The van der Waals surface area contributed by atoms with Crippen LogP contribution in [0.1, 0.15) is 96.8 Å². The summed E-state index contributed by atoms with van der Waals surface area (Å²) in [5, 5.41) is 2.51. The smallest absolute Gasteiger partial charge is 0.299 e. The van der Waals surface area contributed by atoms with E-state index in [1.807, 2.05) is 0 Å². The van der Waals surface area contributed by atoms with Crippen LogP contribution >= 0.6 is 0 Å². The van der Waals surface area contributed by atoms with Crippen molar-refractivity contribution in [2.45, 2.75) is 103 Å². The van der Waals surface area contributed by atoms with E-state index in [0.717, 1.165) is 25.9 Å². The van der Waals surface area contributed by atoms with Gasteiger partial charge in [-0.05, 0) is 32.4 Å². The van der Waals surface area contributed by atoms with E-state index in [9.17, 15) is 9.59 Å². The number of rotatable bonds is 13. The lowest BCUT2D eigenvalue weighted by Gasteiger charge is -2.32. The van der Waals surface area contributed by atoms with E-state index in [0.29, 0.717) is 6.67 Å². The number of carbonyl (C=O) groups is 2. The average Bonchev–Trinajstić information content (AvgIpc) is 2.91. The molecular weight excluding hydrogens is 326 g/mol. The summed E-state index contributed by atoms with van der Waals surface area (Å²) >= 11 is 0. The molecule has 150 valence electrons. The molecule has 0 aromatic rings. The molecule has 2 rings (SSSR count). The average molecular weight is 366 g/mol. The molecule has 2 aliphatic heterocycles. The number of piperidine rings is 1. The Morgan fingerprint density at radius 3 is 2.04 bits per heavy atom. The van der Waals surface area contributed by atoms with Crippen molar-refractivity contribution in [3.05, 3.63) is 0 Å². The molecule has 5 nitrogen and oxygen atoms in total. The highest BCUT2D eigenvalue weighted by molar-refractivity contribution is 6.04. The first-order chi connectivity index (χ1) is 12.7. The van der Waals surface area contributed by atoms with Gasteiger partial charge in [-0.25, -0.2) is 4.79 Å². The lowest BCUT2D eigenvalue weighted by atomic mass is 10.0. The van der Waals surface area contributed by atoms with Gasteiger partial charge in [-0.2, -0.15) is 0 Å². The van der Waals surface area contributed by atoms with Gasteiger partial charge in [0.15, 0.2) is 0 Å². The molecule has 2 aliphatic rings. The molecule has 1 atom stereocenters. The Morgan fingerprint density at radius 2 is 1.42 bits per heavy atom. The Bertz CT molecular complexity index is 421. The molecule has 2 heterocycles. The predicted molar refractivity (Wildman–Crippen MR) is 106 cm³/mol. The Kier molecular flexibility index (Phi) is 10.0. The van der Waals surface area contributed by atoms with Crippen LogP contribution in [0.4, 0.5) is 4.79 Å². The summed E-state index contributed by atoms with van der Waals surface area (Å²) in [5.74, 6) is -0.0945. The first-order valence-electron chi connectivity index (χ1n) is 11.1. The van der Waals surface area contributed by atoms with Crippen molar-refractivity contribution in [3.63, 3.8) is 0 Å². The fourth-order valence-electron chi connectivity index (χ4n) is 4.13. The third-order valence-electron chi connectivity index (χ3n) is 5.80. The van der Waals surface area contributed by atoms with Crippen LogP contribution in [0.5, 0.6) is 0 Å². The monoisotopic (exact) mass is 365 g/mol. The van der Waals surface area contributed by atoms with Gasteiger partial charge in [0, 0.05) is 0 Å². The molecular formula is C21H39N3O2. The maximum atomic E-state index is 12.1. The Labute approximate surface area is 159 Å². The molecule has 5 heteroatoms. The van der Waals surface area contributed by atoms with Gasteiger partial charge in [0.1, 0.15) is 6.04 Å². The highest BCUT2D eigenvalue weighted by Gasteiger charge is 2.38. The van der Waals surface area contributed by atoms with Crippen LogP contribution in [-0.4, -0.2) is 47.5 Å². The summed E-state index contributed by atoms with van der Waals surface area (Å²) in [6.07, 6.45) is 17.4. The lowest BCUT2D eigenvalue weighted by molar-refractivity contribution is -0.122. The molecule has 0 saturated carbocycles. The van der Waals surface area contributed by atoms with Crippen molar-refractivity contribution in [2.75, 3.05) is 19.8 Å². The second kappa shape index (κ2) is 12.3. The van der Waals surface area contributed by atoms with E-state index in [1.54, 1.807) is 4.90 Å². The number of urea groups is 1. The number of nitrogens with zero attached hydrogens (tertiary/aromatic N) is 2. The Morgan fingerprint density at radius 1 is 0.846 bits per heavy atom. The minimum absolute atomic E-state index is 0.0945. The second-order valence-electron chi connectivity index (χ2n) is 8.07. The minimum atomic E-state index is -0.251. The molecule has 0 bridgehead atoms. The summed E-state index contributed by atoms with van der Waals surface area (Å²) in [5.41, 5.74) is 0. The zero-order chi connectivity index (χ0) is 18.6. The van der Waals surface area contributed by atoms with E-state index < -0.39 is 0 Å². The van der Waals surface area contributed by atoms with Crippen molar-refractivity contribution >= 4 is 11.9 Å². The largest absolute Gasteiger partial charge is 0.325 e. The summed E-state index contributed by atoms with van der Waals surface area (Å²) < 4.78 is 0. The molecule has 26 heavy (non-hydrogen) atoms. The first kappa shape index (κ1) is 21.2. The molecule has 3 amide bonds. The summed E-state index contributed by atoms with van der Waals surface area (Å²) in [7, 11) is 0. The Balaban J connectivity index is 1.58. The van der Waals surface area contributed by atoms with Crippen molar-refractivity contribution < 1.29 is 9.59 Å². The number of hydrogen-bond donors (Lipinski definition) is 1. The van der Waals surface area contributed by atoms with Crippen molar-refractivity contribution in [2.24, 2.45) is 0 Å². The van der Waals surface area contributed by atoms with E-state index in [2.05, 4.69) is 17.1 Å². The standard InChI is InChI=1S/C21H39N3O2/c1-2-3-4-5-6-7-8-9-10-12-15-19-20(25)22-21(26)24(19)18-23-16-13-11-14-17-23/h19H,2-18H2,1H3,(H,22,25,26). The predicted octanol–water partition coefficient (Wildman–Crippen LogP) is 4.66. The van der Waals surface area contributed by atoms with Crippen molar-refractivity contribution in [1.82, 2.24) is 15.1 Å². The summed E-state index contributed by atoms with van der Waals surface area (Å²) in [4.78, 5) is 28.3. The molecule has 0 spiro atoms. The van der Waals surface area contributed by atoms with Crippen LogP contribution in [0.15, 0.2) is 0 Å². The SMILES string of the molecule is CCCCCCCCCCCCC1C(=O)NC(=O)N1CN1CCCCC1. The quantitative estimate of drug-likeness (QED) is 0.381. The van der Waals surface area contributed by atoms with Gasteiger partial charge in [-0.15, -0.1) is 0 Å². The van der Waals surface area contributed by atoms with Gasteiger partial charge in [0.2, 0.25) is 0 Å². The normalized spacial score (nSPS) is 21.4. The van der Waals surface area contributed by atoms with Crippen molar-refractivity contribution in [3.8, 4) is 0 Å². The van der Waals surface area contributed by atoms with Crippen LogP contribution in [0, 0.1) is 0 Å². The number of nitrogens with one attached hydrogen (secondary N) is 1. The maximum Gasteiger partial charge on any atom is 0.325 e. The van der Waals surface area contributed by atoms with Crippen LogP contribution in [0.25, 0.3) is 0 Å². The van der Waals surface area contributed by atoms with Crippen LogP contribution in [0.2, 0.25) is 0 Å². The third-order valence-corrected chi connectivity index (χ3v) is 5.80. The van der Waals surface area contributed by atoms with Crippen LogP contribution in [-0.2, 0) is 4.79 Å². The summed E-state index contributed by atoms with van der Waals surface area (Å²) in [6, 6.07) is -0.448. The second-order valence-corrected chi connectivity index (χ2v) is 8.07. The minimum Gasteiger partial charge on any atom is -0.299 e. The zero-order valence-corrected chi connectivity index (χ0v) is 16.8. The van der Waals surface area contributed by atoms with Crippen molar-refractivity contribution in [1.29, 1.82) is 0 Å². The van der Waals surface area contributed by atoms with Gasteiger partial charge in [0.25, 0.3) is 5.91 Å². The molecule has 0 aliphatic carbocycles. The van der Waals surface area contributed by atoms with Gasteiger partial charge in [-0.3, -0.25) is 19.9 Å². The van der Waals surface area contributed by atoms with Gasteiger partial charge in [0.05, 0.1) is 6.67 Å². The van der Waals surface area contributed by atoms with E-state index in [4.69, 9.17) is 0 Å². The zero-order valence-electron chi connectivity index (χ0n) is 16.8. The highest BCUT2D eigenvalue weighted by atomic mass is 16.2. The molecule has 0 aromatic heterocycles. The topological polar surface area (TPSA) is 52.7 Å². The summed E-state index contributed by atoms with van der Waals surface area (Å²) in [6.45, 7) is 4.96. The number of amides is 3. The van der Waals surface area contributed by atoms with Gasteiger partial charge in [-0.1, -0.05) is 77.6 Å². The molecule has 1 unspecified atom stereocenters. The highest BCUT2D eigenvalue weighted by Crippen LogP contribution is 2.19. The maximum absolute atomic E-state index is 12.1. The first-order valence-corrected chi connectivity index (χ1v) is 11.1. The van der Waals surface area contributed by atoms with Gasteiger partial charge >= 0.3 is 6.03 Å². The van der Waals surface area contributed by atoms with Crippen LogP contribution < -0.4 is 5.32 Å². The Hall–Kier alpha value is -1.10.